The second-order valence-electron chi connectivity index (χ2n) is 2.28. The average molecular weight is 206 g/mol. The van der Waals surface area contributed by atoms with E-state index in [9.17, 15) is 4.79 Å². The fourth-order valence-electron chi connectivity index (χ4n) is 0.858. The van der Waals surface area contributed by atoms with Crippen LogP contribution in [0.1, 0.15) is 1.43 Å². The van der Waals surface area contributed by atoms with Gasteiger partial charge < -0.3 is 16.0 Å². The van der Waals surface area contributed by atoms with Crippen molar-refractivity contribution in [3.8, 4) is 11.5 Å². The SMILES string of the molecule is COc1ccccc1OC(=O)CO.[H-].[Na+]. The van der Waals surface area contributed by atoms with Crippen LogP contribution in [0.5, 0.6) is 11.5 Å². The molecule has 1 N–H and O–H groups in total. The van der Waals surface area contributed by atoms with E-state index >= 15 is 0 Å². The maximum atomic E-state index is 10.7. The summed E-state index contributed by atoms with van der Waals surface area (Å²) >= 11 is 0. The van der Waals surface area contributed by atoms with Crippen molar-refractivity contribution < 1.29 is 50.4 Å². The second-order valence-corrected chi connectivity index (χ2v) is 2.28. The summed E-state index contributed by atoms with van der Waals surface area (Å²) in [6.45, 7) is -0.641. The van der Waals surface area contributed by atoms with Crippen LogP contribution >= 0.6 is 0 Å². The molecule has 4 nitrogen and oxygen atoms in total. The Morgan fingerprint density at radius 2 is 2.00 bits per heavy atom. The van der Waals surface area contributed by atoms with E-state index < -0.39 is 12.6 Å². The summed E-state index contributed by atoms with van der Waals surface area (Å²) in [5.41, 5.74) is 0. The first kappa shape index (κ1) is 13.4. The van der Waals surface area contributed by atoms with E-state index in [0.717, 1.165) is 0 Å². The molecule has 0 spiro atoms. The van der Waals surface area contributed by atoms with Crippen molar-refractivity contribution in [3.05, 3.63) is 24.3 Å². The van der Waals surface area contributed by atoms with Gasteiger partial charge in [0.1, 0.15) is 6.61 Å². The quantitative estimate of drug-likeness (QED) is 0.343. The molecule has 0 aliphatic carbocycles. The van der Waals surface area contributed by atoms with Crippen LogP contribution in [0.25, 0.3) is 0 Å². The summed E-state index contributed by atoms with van der Waals surface area (Å²) in [4.78, 5) is 10.7. The molecule has 1 aromatic carbocycles. The maximum Gasteiger partial charge on any atom is 1.00 e. The average Bonchev–Trinajstić information content (AvgIpc) is 2.18. The molecule has 0 saturated heterocycles. The molecule has 0 aliphatic heterocycles. The molecular formula is C9H11NaO4. The minimum atomic E-state index is -0.704. The molecule has 1 aromatic rings. The number of carbonyl (C=O) groups is 1. The smallest absolute Gasteiger partial charge is 1.00 e. The zero-order chi connectivity index (χ0) is 9.68. The molecule has 0 bridgehead atoms. The van der Waals surface area contributed by atoms with E-state index in [0.29, 0.717) is 11.5 Å². The number of hydrogen-bond acceptors (Lipinski definition) is 4. The third-order valence-electron chi connectivity index (χ3n) is 1.42. The largest absolute Gasteiger partial charge is 1.00 e. The molecule has 0 amide bonds. The standard InChI is InChI=1S/C9H10O4.Na.H/c1-12-7-4-2-3-5-8(7)13-9(11)6-10;;/h2-5,10H,6H2,1H3;;/q;+1;-1. The van der Waals surface area contributed by atoms with E-state index in [1.165, 1.54) is 7.11 Å². The third kappa shape index (κ3) is 3.67. The molecule has 72 valence electrons. The van der Waals surface area contributed by atoms with Gasteiger partial charge in [0, 0.05) is 0 Å². The summed E-state index contributed by atoms with van der Waals surface area (Å²) in [5.74, 6) is 0.0675. The summed E-state index contributed by atoms with van der Waals surface area (Å²) in [6.07, 6.45) is 0. The number of rotatable bonds is 3. The Kier molecular flexibility index (Phi) is 6.57. The van der Waals surface area contributed by atoms with Crippen LogP contribution in [0.2, 0.25) is 0 Å². The number of ether oxygens (including phenoxy) is 2. The van der Waals surface area contributed by atoms with Crippen LogP contribution in [-0.4, -0.2) is 24.8 Å². The number of aliphatic hydroxyl groups is 1. The normalized spacial score (nSPS) is 8.71. The van der Waals surface area contributed by atoms with Gasteiger partial charge in [-0.2, -0.15) is 0 Å². The predicted molar refractivity (Wildman–Crippen MR) is 46.8 cm³/mol. The van der Waals surface area contributed by atoms with E-state index in [1.807, 2.05) is 0 Å². The van der Waals surface area contributed by atoms with Gasteiger partial charge in [-0.05, 0) is 12.1 Å². The van der Waals surface area contributed by atoms with Crippen LogP contribution < -0.4 is 39.0 Å². The van der Waals surface area contributed by atoms with Gasteiger partial charge in [-0.3, -0.25) is 0 Å². The Hall–Kier alpha value is -0.550. The Labute approximate surface area is 106 Å². The van der Waals surface area contributed by atoms with Gasteiger partial charge in [0.25, 0.3) is 0 Å². The van der Waals surface area contributed by atoms with Crippen molar-refractivity contribution in [3.63, 3.8) is 0 Å². The van der Waals surface area contributed by atoms with Crippen molar-refractivity contribution >= 4 is 5.97 Å². The zero-order valence-electron chi connectivity index (χ0n) is 9.19. The summed E-state index contributed by atoms with van der Waals surface area (Å²) in [6, 6.07) is 6.73. The molecule has 0 aromatic heterocycles. The first-order valence-electron chi connectivity index (χ1n) is 3.72. The van der Waals surface area contributed by atoms with Crippen LogP contribution in [-0.2, 0) is 4.79 Å². The van der Waals surface area contributed by atoms with Crippen LogP contribution in [0.15, 0.2) is 24.3 Å². The van der Waals surface area contributed by atoms with Gasteiger partial charge in [0.2, 0.25) is 0 Å². The molecule has 0 fully saturated rings. The molecular weight excluding hydrogens is 195 g/mol. The van der Waals surface area contributed by atoms with Gasteiger partial charge >= 0.3 is 35.5 Å². The van der Waals surface area contributed by atoms with Crippen LogP contribution in [0.4, 0.5) is 0 Å². The monoisotopic (exact) mass is 206 g/mol. The summed E-state index contributed by atoms with van der Waals surface area (Å²) in [7, 11) is 1.48. The fraction of sp³-hybridized carbons (Fsp3) is 0.222. The van der Waals surface area contributed by atoms with E-state index in [-0.39, 0.29) is 31.0 Å². The maximum absolute atomic E-state index is 10.7. The molecule has 0 heterocycles. The van der Waals surface area contributed by atoms with Crippen molar-refractivity contribution in [2.45, 2.75) is 0 Å². The predicted octanol–water partition coefficient (Wildman–Crippen LogP) is -2.29. The summed E-state index contributed by atoms with van der Waals surface area (Å²) in [5, 5.41) is 8.44. The van der Waals surface area contributed by atoms with Crippen molar-refractivity contribution in [1.29, 1.82) is 0 Å². The molecule has 0 atom stereocenters. The second kappa shape index (κ2) is 6.84. The van der Waals surface area contributed by atoms with Crippen molar-refractivity contribution in [2.24, 2.45) is 0 Å². The molecule has 5 heteroatoms. The van der Waals surface area contributed by atoms with E-state index in [4.69, 9.17) is 14.6 Å². The van der Waals surface area contributed by atoms with E-state index in [1.54, 1.807) is 24.3 Å². The Morgan fingerprint density at radius 1 is 1.43 bits per heavy atom. The van der Waals surface area contributed by atoms with Crippen molar-refractivity contribution in [1.82, 2.24) is 0 Å². The minimum absolute atomic E-state index is 0. The molecule has 0 unspecified atom stereocenters. The van der Waals surface area contributed by atoms with E-state index in [2.05, 4.69) is 0 Å². The number of carbonyl (C=O) groups excluding carboxylic acids is 1. The van der Waals surface area contributed by atoms with Gasteiger partial charge in [0.15, 0.2) is 11.5 Å². The summed E-state index contributed by atoms with van der Waals surface area (Å²) < 4.78 is 9.70. The Morgan fingerprint density at radius 3 is 2.50 bits per heavy atom. The molecule has 0 aliphatic rings. The topological polar surface area (TPSA) is 55.8 Å². The first-order chi connectivity index (χ1) is 6.27. The molecule has 1 rings (SSSR count). The molecule has 0 saturated carbocycles. The Bertz CT molecular complexity index is 306. The Balaban J connectivity index is 0. The number of methoxy groups -OCH3 is 1. The number of hydrogen-bond donors (Lipinski definition) is 1. The van der Waals surface area contributed by atoms with Crippen LogP contribution in [0.3, 0.4) is 0 Å². The number of aliphatic hydroxyl groups excluding tert-OH is 1. The molecule has 14 heavy (non-hydrogen) atoms. The zero-order valence-corrected chi connectivity index (χ0v) is 10.2. The van der Waals surface area contributed by atoms with Gasteiger partial charge in [0.05, 0.1) is 7.11 Å². The van der Waals surface area contributed by atoms with Gasteiger partial charge in [-0.15, -0.1) is 0 Å². The minimum Gasteiger partial charge on any atom is -1.00 e. The van der Waals surface area contributed by atoms with Gasteiger partial charge in [-0.1, -0.05) is 12.1 Å². The number of para-hydroxylation sites is 2. The molecule has 0 radical (unpaired) electrons. The fourth-order valence-corrected chi connectivity index (χ4v) is 0.858. The number of benzene rings is 1. The first-order valence-corrected chi connectivity index (χ1v) is 3.72. The van der Waals surface area contributed by atoms with Gasteiger partial charge in [-0.25, -0.2) is 4.79 Å². The van der Waals surface area contributed by atoms with Crippen molar-refractivity contribution in [2.75, 3.05) is 13.7 Å². The third-order valence-corrected chi connectivity index (χ3v) is 1.42. The number of esters is 1. The van der Waals surface area contributed by atoms with Crippen LogP contribution in [0, 0.1) is 0 Å².